The fraction of sp³-hybridized carbons (Fsp3) is 0. The summed E-state index contributed by atoms with van der Waals surface area (Å²) in [6, 6.07) is 57.4. The molecule has 0 aliphatic heterocycles. The molecule has 4 aromatic heterocycles. The molecule has 0 saturated heterocycles. The molecule has 0 atom stereocenters. The van der Waals surface area contributed by atoms with Gasteiger partial charge in [0, 0.05) is 49.8 Å². The number of rotatable bonds is 3. The molecule has 12 rings (SSSR count). The molecule has 4 nitrogen and oxygen atoms in total. The molecule has 52 heavy (non-hydrogen) atoms. The van der Waals surface area contributed by atoms with Crippen molar-refractivity contribution in [3.63, 3.8) is 0 Å². The lowest BCUT2D eigenvalue weighted by Gasteiger charge is -2.12. The van der Waals surface area contributed by atoms with E-state index < -0.39 is 0 Å². The zero-order valence-electron chi connectivity index (χ0n) is 28.0. The molecule has 1 aliphatic rings. The van der Waals surface area contributed by atoms with Gasteiger partial charge in [-0.2, -0.15) is 0 Å². The fourth-order valence-corrected chi connectivity index (χ4v) is 8.84. The van der Waals surface area contributed by atoms with Crippen molar-refractivity contribution in [3.05, 3.63) is 170 Å². The van der Waals surface area contributed by atoms with Gasteiger partial charge >= 0.3 is 0 Å². The van der Waals surface area contributed by atoms with E-state index in [-0.39, 0.29) is 0 Å². The third-order valence-electron chi connectivity index (χ3n) is 11.1. The summed E-state index contributed by atoms with van der Waals surface area (Å²) < 4.78 is 4.79. The summed E-state index contributed by atoms with van der Waals surface area (Å²) in [4.78, 5) is 9.88. The van der Waals surface area contributed by atoms with Crippen LogP contribution in [0.2, 0.25) is 0 Å². The van der Waals surface area contributed by atoms with Crippen LogP contribution in [0.15, 0.2) is 170 Å². The predicted molar refractivity (Wildman–Crippen MR) is 216 cm³/mol. The number of aromatic nitrogens is 4. The van der Waals surface area contributed by atoms with Gasteiger partial charge in [0.25, 0.3) is 0 Å². The molecule has 0 saturated carbocycles. The van der Waals surface area contributed by atoms with Crippen LogP contribution in [-0.4, -0.2) is 19.1 Å². The maximum atomic E-state index is 5.11. The van der Waals surface area contributed by atoms with Crippen LogP contribution in [0.1, 0.15) is 0 Å². The standard InChI is InChI=1S/C48H28N4/c1-2-11-33(12-3-1)51-42-16-7-6-14-36(42)39-25-31(18-21-43(39)51)32-19-22-44-40(26-32)38-20-17-29-9-4-5-13-35(29)48(38)52(44)34-27-41-37-15-8-10-30-23-24-49-47(45(30)37)46(41)50-28-34/h1-28H. The second kappa shape index (κ2) is 10.3. The number of pyridine rings is 2. The molecule has 11 aromatic rings. The average Bonchev–Trinajstić information content (AvgIpc) is 3.84. The number of benzene rings is 7. The van der Waals surface area contributed by atoms with Gasteiger partial charge in [0.1, 0.15) is 0 Å². The molecule has 240 valence electrons. The first-order valence-electron chi connectivity index (χ1n) is 17.7. The van der Waals surface area contributed by atoms with Crippen LogP contribution in [0, 0.1) is 0 Å². The van der Waals surface area contributed by atoms with Crippen molar-refractivity contribution in [1.29, 1.82) is 0 Å². The lowest BCUT2D eigenvalue weighted by atomic mass is 10.00. The average molecular weight is 661 g/mol. The quantitative estimate of drug-likeness (QED) is 0.189. The van der Waals surface area contributed by atoms with Crippen LogP contribution in [0.3, 0.4) is 0 Å². The smallest absolute Gasteiger partial charge is 0.0977 e. The van der Waals surface area contributed by atoms with Gasteiger partial charge in [-0.05, 0) is 82.1 Å². The SMILES string of the molecule is c1ccc(-n2c3ccccc3c3cc(-c4ccc5c(c4)c4ccc6ccccc6c4n5-c4cnc5c(c4)-c4cccc6ccnc-5c46)ccc32)cc1. The van der Waals surface area contributed by atoms with Gasteiger partial charge in [-0.1, -0.05) is 103 Å². The maximum Gasteiger partial charge on any atom is 0.0977 e. The number of nitrogens with zero attached hydrogens (tertiary/aromatic N) is 4. The summed E-state index contributed by atoms with van der Waals surface area (Å²) in [5.41, 5.74) is 13.6. The molecular formula is C48H28N4. The molecule has 7 aromatic carbocycles. The fourth-order valence-electron chi connectivity index (χ4n) is 8.84. The first-order valence-corrected chi connectivity index (χ1v) is 17.7. The third kappa shape index (κ3) is 3.70. The minimum absolute atomic E-state index is 0.951. The van der Waals surface area contributed by atoms with E-state index in [4.69, 9.17) is 9.97 Å². The Balaban J connectivity index is 1.09. The van der Waals surface area contributed by atoms with Gasteiger partial charge in [0.15, 0.2) is 0 Å². The summed E-state index contributed by atoms with van der Waals surface area (Å²) in [7, 11) is 0. The predicted octanol–water partition coefficient (Wildman–Crippen LogP) is 12.3. The number of hydrogen-bond acceptors (Lipinski definition) is 2. The summed E-state index contributed by atoms with van der Waals surface area (Å²) in [5, 5.41) is 9.77. The highest BCUT2D eigenvalue weighted by molar-refractivity contribution is 6.20. The van der Waals surface area contributed by atoms with Crippen molar-refractivity contribution >= 4 is 65.2 Å². The Bertz CT molecular complexity index is 3290. The Labute approximate surface area is 298 Å². The van der Waals surface area contributed by atoms with Gasteiger partial charge < -0.3 is 9.13 Å². The lowest BCUT2D eigenvalue weighted by Crippen LogP contribution is -1.97. The van der Waals surface area contributed by atoms with Crippen molar-refractivity contribution in [2.45, 2.75) is 0 Å². The van der Waals surface area contributed by atoms with Crippen LogP contribution in [-0.2, 0) is 0 Å². The van der Waals surface area contributed by atoms with Crippen LogP contribution in [0.5, 0.6) is 0 Å². The molecule has 0 fully saturated rings. The van der Waals surface area contributed by atoms with E-state index in [1.54, 1.807) is 0 Å². The Hall–Kier alpha value is -7.04. The second-order valence-electron chi connectivity index (χ2n) is 13.8. The summed E-state index contributed by atoms with van der Waals surface area (Å²) in [6.07, 6.45) is 3.91. The van der Waals surface area contributed by atoms with Crippen LogP contribution < -0.4 is 0 Å². The van der Waals surface area contributed by atoms with Gasteiger partial charge in [-0.15, -0.1) is 0 Å². The minimum Gasteiger partial charge on any atom is -0.309 e. The van der Waals surface area contributed by atoms with Gasteiger partial charge in [0.05, 0.1) is 45.3 Å². The van der Waals surface area contributed by atoms with Crippen LogP contribution >= 0.6 is 0 Å². The van der Waals surface area contributed by atoms with E-state index in [2.05, 4.69) is 167 Å². The molecule has 1 aliphatic carbocycles. The highest BCUT2D eigenvalue weighted by Crippen LogP contribution is 2.47. The van der Waals surface area contributed by atoms with Gasteiger partial charge in [-0.25, -0.2) is 0 Å². The van der Waals surface area contributed by atoms with Crippen molar-refractivity contribution in [2.75, 3.05) is 0 Å². The zero-order valence-corrected chi connectivity index (χ0v) is 28.0. The number of fused-ring (bicyclic) bond motifs is 11. The molecule has 4 heterocycles. The third-order valence-corrected chi connectivity index (χ3v) is 11.1. The molecule has 0 unspecified atom stereocenters. The largest absolute Gasteiger partial charge is 0.309 e. The summed E-state index contributed by atoms with van der Waals surface area (Å²) in [5.74, 6) is 0. The first-order chi connectivity index (χ1) is 25.8. The van der Waals surface area contributed by atoms with E-state index in [0.29, 0.717) is 0 Å². The molecule has 0 spiro atoms. The summed E-state index contributed by atoms with van der Waals surface area (Å²) in [6.45, 7) is 0. The lowest BCUT2D eigenvalue weighted by molar-refractivity contribution is 1.15. The maximum absolute atomic E-state index is 5.11. The van der Waals surface area contributed by atoms with Crippen LogP contribution in [0.25, 0.3) is 110 Å². The van der Waals surface area contributed by atoms with E-state index in [0.717, 1.165) is 28.2 Å². The van der Waals surface area contributed by atoms with Crippen molar-refractivity contribution < 1.29 is 0 Å². The first kappa shape index (κ1) is 27.7. The van der Waals surface area contributed by atoms with Crippen molar-refractivity contribution in [1.82, 2.24) is 19.1 Å². The van der Waals surface area contributed by atoms with E-state index >= 15 is 0 Å². The Morgan fingerprint density at radius 2 is 1.10 bits per heavy atom. The highest BCUT2D eigenvalue weighted by atomic mass is 15.0. The number of hydrogen-bond donors (Lipinski definition) is 0. The normalized spacial score (nSPS) is 12.2. The molecule has 0 bridgehead atoms. The van der Waals surface area contributed by atoms with Crippen molar-refractivity contribution in [3.8, 4) is 45.0 Å². The molecule has 0 amide bonds. The van der Waals surface area contributed by atoms with Crippen molar-refractivity contribution in [2.24, 2.45) is 0 Å². The van der Waals surface area contributed by atoms with E-state index in [1.165, 1.54) is 82.0 Å². The topological polar surface area (TPSA) is 35.6 Å². The Morgan fingerprint density at radius 3 is 1.96 bits per heavy atom. The Kier molecular flexibility index (Phi) is 5.47. The van der Waals surface area contributed by atoms with Crippen LogP contribution in [0.4, 0.5) is 0 Å². The van der Waals surface area contributed by atoms with Gasteiger partial charge in [0.2, 0.25) is 0 Å². The number of para-hydroxylation sites is 2. The summed E-state index contributed by atoms with van der Waals surface area (Å²) >= 11 is 0. The van der Waals surface area contributed by atoms with Gasteiger partial charge in [-0.3, -0.25) is 9.97 Å². The Morgan fingerprint density at radius 1 is 0.385 bits per heavy atom. The zero-order chi connectivity index (χ0) is 33.9. The second-order valence-corrected chi connectivity index (χ2v) is 13.8. The van der Waals surface area contributed by atoms with E-state index in [1.807, 2.05) is 12.4 Å². The monoisotopic (exact) mass is 660 g/mol. The molecule has 4 heteroatoms. The molecule has 0 radical (unpaired) electrons. The minimum atomic E-state index is 0.951. The molecule has 0 N–H and O–H groups in total. The molecular weight excluding hydrogens is 633 g/mol. The highest BCUT2D eigenvalue weighted by Gasteiger charge is 2.25. The van der Waals surface area contributed by atoms with E-state index in [9.17, 15) is 0 Å².